The van der Waals surface area contributed by atoms with Gasteiger partial charge >= 0.3 is 0 Å². The lowest BCUT2D eigenvalue weighted by Crippen LogP contribution is -2.21. The zero-order valence-electron chi connectivity index (χ0n) is 10.0. The van der Waals surface area contributed by atoms with Gasteiger partial charge in [0.1, 0.15) is 11.8 Å². The molecule has 0 saturated carbocycles. The summed E-state index contributed by atoms with van der Waals surface area (Å²) in [5.74, 6) is 0.772. The maximum Gasteiger partial charge on any atom is 0.121 e. The average Bonchev–Trinajstić information content (AvgIpc) is 2.35. The highest BCUT2D eigenvalue weighted by Crippen LogP contribution is 2.18. The van der Waals surface area contributed by atoms with Gasteiger partial charge in [0.2, 0.25) is 0 Å². The smallest absolute Gasteiger partial charge is 0.121 e. The van der Waals surface area contributed by atoms with Crippen LogP contribution in [0.4, 0.5) is 0 Å². The normalized spacial score (nSPS) is 11.8. The van der Waals surface area contributed by atoms with Crippen LogP contribution in [0.15, 0.2) is 24.3 Å². The molecule has 1 aromatic carbocycles. The lowest BCUT2D eigenvalue weighted by Gasteiger charge is -2.12. The fourth-order valence-corrected chi connectivity index (χ4v) is 1.51. The van der Waals surface area contributed by atoms with Gasteiger partial charge in [0.25, 0.3) is 0 Å². The molecule has 0 aliphatic rings. The van der Waals surface area contributed by atoms with E-state index in [0.29, 0.717) is 19.6 Å². The van der Waals surface area contributed by atoms with Gasteiger partial charge in [0.15, 0.2) is 0 Å². The third kappa shape index (κ3) is 4.43. The van der Waals surface area contributed by atoms with E-state index in [0.717, 1.165) is 11.3 Å². The highest BCUT2D eigenvalue weighted by atomic mass is 16.5. The van der Waals surface area contributed by atoms with E-state index in [1.807, 2.05) is 31.2 Å². The molecule has 0 aromatic heterocycles. The number of aliphatic hydroxyl groups is 1. The maximum absolute atomic E-state index is 9.08. The summed E-state index contributed by atoms with van der Waals surface area (Å²) in [5.41, 5.74) is 0.886. The molecule has 1 unspecified atom stereocenters. The molecule has 1 atom stereocenters. The molecule has 4 nitrogen and oxygen atoms in total. The largest absolute Gasteiger partial charge is 0.494 e. The third-order valence-electron chi connectivity index (χ3n) is 2.31. The Morgan fingerprint density at radius 2 is 2.35 bits per heavy atom. The summed E-state index contributed by atoms with van der Waals surface area (Å²) in [5, 5.41) is 20.9. The van der Waals surface area contributed by atoms with Gasteiger partial charge in [-0.05, 0) is 37.6 Å². The van der Waals surface area contributed by atoms with Crippen molar-refractivity contribution in [2.24, 2.45) is 0 Å². The van der Waals surface area contributed by atoms with Crippen molar-refractivity contribution in [1.82, 2.24) is 5.32 Å². The lowest BCUT2D eigenvalue weighted by molar-refractivity contribution is 0.285. The van der Waals surface area contributed by atoms with Gasteiger partial charge in [-0.2, -0.15) is 5.26 Å². The van der Waals surface area contributed by atoms with Crippen LogP contribution in [0, 0.1) is 11.3 Å². The van der Waals surface area contributed by atoms with Gasteiger partial charge in [-0.15, -0.1) is 0 Å². The van der Waals surface area contributed by atoms with E-state index in [4.69, 9.17) is 15.1 Å². The molecule has 0 radical (unpaired) electrons. The number of nitriles is 1. The summed E-state index contributed by atoms with van der Waals surface area (Å²) in [4.78, 5) is 0. The molecule has 0 bridgehead atoms. The van der Waals surface area contributed by atoms with Crippen LogP contribution >= 0.6 is 0 Å². The average molecular weight is 234 g/mol. The molecule has 0 fully saturated rings. The first-order chi connectivity index (χ1) is 8.31. The fraction of sp³-hybridized carbons (Fsp3) is 0.462. The SMILES string of the molecule is CCOc1cccc(C(C#N)NCCCO)c1. The monoisotopic (exact) mass is 234 g/mol. The number of hydrogen-bond donors (Lipinski definition) is 2. The molecular weight excluding hydrogens is 216 g/mol. The van der Waals surface area contributed by atoms with Crippen molar-refractivity contribution in [3.05, 3.63) is 29.8 Å². The number of aliphatic hydroxyl groups excluding tert-OH is 1. The number of benzene rings is 1. The maximum atomic E-state index is 9.08. The van der Waals surface area contributed by atoms with Crippen LogP contribution in [0.2, 0.25) is 0 Å². The van der Waals surface area contributed by atoms with E-state index in [9.17, 15) is 0 Å². The molecule has 17 heavy (non-hydrogen) atoms. The third-order valence-corrected chi connectivity index (χ3v) is 2.31. The van der Waals surface area contributed by atoms with Gasteiger partial charge in [-0.3, -0.25) is 5.32 Å². The van der Waals surface area contributed by atoms with E-state index >= 15 is 0 Å². The molecule has 0 aliphatic carbocycles. The highest BCUT2D eigenvalue weighted by Gasteiger charge is 2.09. The summed E-state index contributed by atoms with van der Waals surface area (Å²) in [6.45, 7) is 3.28. The van der Waals surface area contributed by atoms with Gasteiger partial charge in [-0.1, -0.05) is 12.1 Å². The Morgan fingerprint density at radius 3 is 3.00 bits per heavy atom. The first kappa shape index (κ1) is 13.5. The number of nitrogens with one attached hydrogen (secondary N) is 1. The second-order valence-electron chi connectivity index (χ2n) is 3.60. The Bertz CT molecular complexity index is 374. The van der Waals surface area contributed by atoms with Crippen LogP contribution < -0.4 is 10.1 Å². The van der Waals surface area contributed by atoms with Gasteiger partial charge in [0.05, 0.1) is 12.7 Å². The second kappa shape index (κ2) is 7.66. The van der Waals surface area contributed by atoms with Gasteiger partial charge in [-0.25, -0.2) is 0 Å². The molecule has 2 N–H and O–H groups in total. The first-order valence-corrected chi connectivity index (χ1v) is 5.78. The van der Waals surface area contributed by atoms with Crippen LogP contribution in [-0.2, 0) is 0 Å². The molecule has 0 saturated heterocycles. The van der Waals surface area contributed by atoms with E-state index in [2.05, 4.69) is 11.4 Å². The van der Waals surface area contributed by atoms with Crippen molar-refractivity contribution < 1.29 is 9.84 Å². The minimum Gasteiger partial charge on any atom is -0.494 e. The summed E-state index contributed by atoms with van der Waals surface area (Å²) in [7, 11) is 0. The fourth-order valence-electron chi connectivity index (χ4n) is 1.51. The van der Waals surface area contributed by atoms with Crippen molar-refractivity contribution in [3.63, 3.8) is 0 Å². The molecule has 1 aromatic rings. The Morgan fingerprint density at radius 1 is 1.53 bits per heavy atom. The Hall–Kier alpha value is -1.57. The van der Waals surface area contributed by atoms with Crippen LogP contribution in [0.1, 0.15) is 24.9 Å². The lowest BCUT2D eigenvalue weighted by atomic mass is 10.1. The Kier molecular flexibility index (Phi) is 6.08. The van der Waals surface area contributed by atoms with Crippen LogP contribution in [0.3, 0.4) is 0 Å². The highest BCUT2D eigenvalue weighted by molar-refractivity contribution is 5.33. The van der Waals surface area contributed by atoms with Crippen molar-refractivity contribution >= 4 is 0 Å². The first-order valence-electron chi connectivity index (χ1n) is 5.78. The zero-order valence-corrected chi connectivity index (χ0v) is 10.0. The Labute approximate surface area is 102 Å². The number of nitrogens with zero attached hydrogens (tertiary/aromatic N) is 1. The molecule has 1 rings (SSSR count). The van der Waals surface area contributed by atoms with E-state index in [1.165, 1.54) is 0 Å². The van der Waals surface area contributed by atoms with E-state index in [1.54, 1.807) is 0 Å². The Balaban J connectivity index is 2.67. The van der Waals surface area contributed by atoms with Crippen molar-refractivity contribution in [3.8, 4) is 11.8 Å². The van der Waals surface area contributed by atoms with Crippen molar-refractivity contribution in [2.45, 2.75) is 19.4 Å². The summed E-state index contributed by atoms with van der Waals surface area (Å²) < 4.78 is 5.39. The molecule has 92 valence electrons. The minimum atomic E-state index is -0.359. The predicted molar refractivity (Wildman–Crippen MR) is 65.7 cm³/mol. The summed E-state index contributed by atoms with van der Waals surface area (Å²) in [6.07, 6.45) is 0.642. The van der Waals surface area contributed by atoms with Crippen LogP contribution in [0.25, 0.3) is 0 Å². The summed E-state index contributed by atoms with van der Waals surface area (Å²) >= 11 is 0. The molecule has 0 spiro atoms. The molecule has 0 heterocycles. The van der Waals surface area contributed by atoms with Crippen molar-refractivity contribution in [2.75, 3.05) is 19.8 Å². The van der Waals surface area contributed by atoms with E-state index < -0.39 is 0 Å². The van der Waals surface area contributed by atoms with E-state index in [-0.39, 0.29) is 12.6 Å². The number of ether oxygens (including phenoxy) is 1. The predicted octanol–water partition coefficient (Wildman–Crippen LogP) is 1.62. The number of hydrogen-bond acceptors (Lipinski definition) is 4. The van der Waals surface area contributed by atoms with Crippen molar-refractivity contribution in [1.29, 1.82) is 5.26 Å². The number of rotatable bonds is 7. The molecule has 0 aliphatic heterocycles. The molecule has 4 heteroatoms. The topological polar surface area (TPSA) is 65.3 Å². The quantitative estimate of drug-likeness (QED) is 0.704. The van der Waals surface area contributed by atoms with Gasteiger partial charge < -0.3 is 9.84 Å². The molecular formula is C13H18N2O2. The zero-order chi connectivity index (χ0) is 12.5. The standard InChI is InChI=1S/C13H18N2O2/c1-2-17-12-6-3-5-11(9-12)13(10-14)15-7-4-8-16/h3,5-6,9,13,15-16H,2,4,7-8H2,1H3. The molecule has 0 amide bonds. The second-order valence-corrected chi connectivity index (χ2v) is 3.60. The minimum absolute atomic E-state index is 0.129. The van der Waals surface area contributed by atoms with Crippen LogP contribution in [-0.4, -0.2) is 24.9 Å². The van der Waals surface area contributed by atoms with Gasteiger partial charge in [0, 0.05) is 6.61 Å². The summed E-state index contributed by atoms with van der Waals surface area (Å²) in [6, 6.07) is 9.34. The van der Waals surface area contributed by atoms with Crippen LogP contribution in [0.5, 0.6) is 5.75 Å².